The minimum Gasteiger partial charge on any atom is -0.358 e. The van der Waals surface area contributed by atoms with Gasteiger partial charge in [-0.3, -0.25) is 9.59 Å². The SMILES string of the molecule is CNC(=O)CNC(=O)c1sc(C)cc1Cl. The number of carbonyl (C=O) groups is 2. The van der Waals surface area contributed by atoms with Crippen molar-refractivity contribution in [1.82, 2.24) is 10.6 Å². The number of aryl methyl sites for hydroxylation is 1. The molecule has 0 bridgehead atoms. The Morgan fingerprint density at radius 1 is 1.53 bits per heavy atom. The van der Waals surface area contributed by atoms with Crippen LogP contribution in [0, 0.1) is 6.92 Å². The Labute approximate surface area is 96.6 Å². The van der Waals surface area contributed by atoms with Crippen molar-refractivity contribution in [2.75, 3.05) is 13.6 Å². The molecule has 6 heteroatoms. The second-order valence-corrected chi connectivity index (χ2v) is 4.55. The summed E-state index contributed by atoms with van der Waals surface area (Å²) < 4.78 is 0. The molecule has 0 radical (unpaired) electrons. The summed E-state index contributed by atoms with van der Waals surface area (Å²) in [6.45, 7) is 1.83. The molecule has 0 atom stereocenters. The molecule has 4 nitrogen and oxygen atoms in total. The van der Waals surface area contributed by atoms with E-state index in [1.165, 1.54) is 18.4 Å². The van der Waals surface area contributed by atoms with Crippen LogP contribution in [0.2, 0.25) is 5.02 Å². The molecule has 2 N–H and O–H groups in total. The van der Waals surface area contributed by atoms with E-state index in [1.54, 1.807) is 6.07 Å². The molecule has 0 aliphatic carbocycles. The van der Waals surface area contributed by atoms with Crippen LogP contribution in [-0.4, -0.2) is 25.4 Å². The molecule has 1 aromatic rings. The van der Waals surface area contributed by atoms with Crippen molar-refractivity contribution >= 4 is 34.8 Å². The van der Waals surface area contributed by atoms with E-state index in [0.717, 1.165) is 4.88 Å². The molecule has 82 valence electrons. The van der Waals surface area contributed by atoms with Gasteiger partial charge >= 0.3 is 0 Å². The first-order valence-electron chi connectivity index (χ1n) is 4.29. The van der Waals surface area contributed by atoms with Crippen molar-refractivity contribution in [3.05, 3.63) is 20.8 Å². The molecule has 0 unspecified atom stereocenters. The molecule has 1 heterocycles. The second kappa shape index (κ2) is 5.14. The van der Waals surface area contributed by atoms with Crippen molar-refractivity contribution in [2.45, 2.75) is 6.92 Å². The number of hydrogen-bond donors (Lipinski definition) is 2. The highest BCUT2D eigenvalue weighted by atomic mass is 35.5. The molecule has 15 heavy (non-hydrogen) atoms. The van der Waals surface area contributed by atoms with Crippen LogP contribution >= 0.6 is 22.9 Å². The Morgan fingerprint density at radius 3 is 2.67 bits per heavy atom. The number of nitrogens with one attached hydrogen (secondary N) is 2. The van der Waals surface area contributed by atoms with E-state index in [-0.39, 0.29) is 18.4 Å². The Hall–Kier alpha value is -1.07. The minimum atomic E-state index is -0.318. The van der Waals surface area contributed by atoms with Crippen LogP contribution in [0.5, 0.6) is 0 Å². The van der Waals surface area contributed by atoms with Crippen LogP contribution in [0.25, 0.3) is 0 Å². The van der Waals surface area contributed by atoms with E-state index in [9.17, 15) is 9.59 Å². The fraction of sp³-hybridized carbons (Fsp3) is 0.333. The van der Waals surface area contributed by atoms with Crippen LogP contribution in [-0.2, 0) is 4.79 Å². The number of rotatable bonds is 3. The molecule has 1 aromatic heterocycles. The maximum atomic E-state index is 11.5. The van der Waals surface area contributed by atoms with Crippen LogP contribution < -0.4 is 10.6 Å². The summed E-state index contributed by atoms with van der Waals surface area (Å²) in [6.07, 6.45) is 0. The molecule has 2 amide bonds. The topological polar surface area (TPSA) is 58.2 Å². The predicted molar refractivity (Wildman–Crippen MR) is 60.5 cm³/mol. The molecule has 0 saturated carbocycles. The van der Waals surface area contributed by atoms with Gasteiger partial charge in [-0.1, -0.05) is 11.6 Å². The smallest absolute Gasteiger partial charge is 0.263 e. The Kier molecular flexibility index (Phi) is 4.11. The van der Waals surface area contributed by atoms with Gasteiger partial charge < -0.3 is 10.6 Å². The number of amides is 2. The zero-order valence-electron chi connectivity index (χ0n) is 8.39. The number of thiophene rings is 1. The van der Waals surface area contributed by atoms with Crippen LogP contribution in [0.3, 0.4) is 0 Å². The quantitative estimate of drug-likeness (QED) is 0.842. The highest BCUT2D eigenvalue weighted by Gasteiger charge is 2.13. The van der Waals surface area contributed by atoms with E-state index in [4.69, 9.17) is 11.6 Å². The molecule has 0 spiro atoms. The number of halogens is 1. The van der Waals surface area contributed by atoms with Gasteiger partial charge in [0.2, 0.25) is 5.91 Å². The van der Waals surface area contributed by atoms with E-state index in [0.29, 0.717) is 9.90 Å². The third kappa shape index (κ3) is 3.21. The summed E-state index contributed by atoms with van der Waals surface area (Å²) in [5.74, 6) is -0.561. The van der Waals surface area contributed by atoms with Crippen LogP contribution in [0.1, 0.15) is 14.5 Å². The first-order valence-corrected chi connectivity index (χ1v) is 5.48. The molecule has 0 aliphatic rings. The monoisotopic (exact) mass is 246 g/mol. The molecule has 0 saturated heterocycles. The zero-order chi connectivity index (χ0) is 11.4. The summed E-state index contributed by atoms with van der Waals surface area (Å²) in [6, 6.07) is 1.72. The number of hydrogen-bond acceptors (Lipinski definition) is 3. The normalized spacial score (nSPS) is 9.80. The summed E-state index contributed by atoms with van der Waals surface area (Å²) in [5, 5.41) is 5.31. The minimum absolute atomic E-state index is 0.0391. The van der Waals surface area contributed by atoms with Gasteiger partial charge in [0.05, 0.1) is 11.6 Å². The average Bonchev–Trinajstić information content (AvgIpc) is 2.53. The third-order valence-electron chi connectivity index (χ3n) is 1.70. The van der Waals surface area contributed by atoms with Crippen LogP contribution in [0.15, 0.2) is 6.07 Å². The third-order valence-corrected chi connectivity index (χ3v) is 3.16. The van der Waals surface area contributed by atoms with Crippen molar-refractivity contribution in [3.63, 3.8) is 0 Å². The fourth-order valence-corrected chi connectivity index (χ4v) is 2.22. The van der Waals surface area contributed by atoms with Gasteiger partial charge in [-0.25, -0.2) is 0 Å². The van der Waals surface area contributed by atoms with Gasteiger partial charge in [-0.05, 0) is 13.0 Å². The molecular weight excluding hydrogens is 236 g/mol. The van der Waals surface area contributed by atoms with Gasteiger partial charge in [-0.2, -0.15) is 0 Å². The fourth-order valence-electron chi connectivity index (χ4n) is 0.967. The number of carbonyl (C=O) groups excluding carboxylic acids is 2. The van der Waals surface area contributed by atoms with Crippen molar-refractivity contribution < 1.29 is 9.59 Å². The molecule has 0 aromatic carbocycles. The lowest BCUT2D eigenvalue weighted by Crippen LogP contribution is -2.34. The lowest BCUT2D eigenvalue weighted by atomic mass is 10.4. The first-order chi connectivity index (χ1) is 7.04. The summed E-state index contributed by atoms with van der Waals surface area (Å²) in [5.41, 5.74) is 0. The van der Waals surface area contributed by atoms with Crippen molar-refractivity contribution in [2.24, 2.45) is 0 Å². The maximum absolute atomic E-state index is 11.5. The standard InChI is InChI=1S/C9H11ClN2O2S/c1-5-3-6(10)8(15-5)9(14)12-4-7(13)11-2/h3H,4H2,1-2H3,(H,11,13)(H,12,14). The second-order valence-electron chi connectivity index (χ2n) is 2.89. The van der Waals surface area contributed by atoms with Gasteiger partial charge in [-0.15, -0.1) is 11.3 Å². The maximum Gasteiger partial charge on any atom is 0.263 e. The van der Waals surface area contributed by atoms with Gasteiger partial charge in [0, 0.05) is 11.9 Å². The number of likely N-dealkylation sites (N-methyl/N-ethyl adjacent to an activating group) is 1. The zero-order valence-corrected chi connectivity index (χ0v) is 9.96. The van der Waals surface area contributed by atoms with Crippen LogP contribution in [0.4, 0.5) is 0 Å². The predicted octanol–water partition coefficient (Wildman–Crippen LogP) is 1.19. The Bertz CT molecular complexity index is 389. The average molecular weight is 247 g/mol. The van der Waals surface area contributed by atoms with Gasteiger partial charge in [0.25, 0.3) is 5.91 Å². The van der Waals surface area contributed by atoms with E-state index in [1.807, 2.05) is 6.92 Å². The highest BCUT2D eigenvalue weighted by molar-refractivity contribution is 7.14. The molecule has 0 aliphatic heterocycles. The lowest BCUT2D eigenvalue weighted by Gasteiger charge is -2.02. The van der Waals surface area contributed by atoms with Crippen molar-refractivity contribution in [3.8, 4) is 0 Å². The summed E-state index contributed by atoms with van der Waals surface area (Å²) in [4.78, 5) is 23.8. The molecule has 0 fully saturated rings. The van der Waals surface area contributed by atoms with E-state index < -0.39 is 0 Å². The largest absolute Gasteiger partial charge is 0.358 e. The van der Waals surface area contributed by atoms with E-state index in [2.05, 4.69) is 10.6 Å². The Balaban J connectivity index is 2.61. The summed E-state index contributed by atoms with van der Waals surface area (Å²) in [7, 11) is 1.51. The lowest BCUT2D eigenvalue weighted by molar-refractivity contribution is -0.119. The van der Waals surface area contributed by atoms with Crippen molar-refractivity contribution in [1.29, 1.82) is 0 Å². The molecule has 1 rings (SSSR count). The van der Waals surface area contributed by atoms with Gasteiger partial charge in [0.1, 0.15) is 4.88 Å². The van der Waals surface area contributed by atoms with E-state index >= 15 is 0 Å². The highest BCUT2D eigenvalue weighted by Crippen LogP contribution is 2.25. The van der Waals surface area contributed by atoms with Gasteiger partial charge in [0.15, 0.2) is 0 Å². The molecular formula is C9H11ClN2O2S. The summed E-state index contributed by atoms with van der Waals surface area (Å²) >= 11 is 7.14. The first kappa shape index (κ1) is 12.0. The Morgan fingerprint density at radius 2 is 2.20 bits per heavy atom.